The molecule has 0 aliphatic heterocycles. The summed E-state index contributed by atoms with van der Waals surface area (Å²) in [7, 11) is 1.58. The molecule has 1 aliphatic rings. The van der Waals surface area contributed by atoms with Gasteiger partial charge in [-0.1, -0.05) is 13.8 Å². The predicted octanol–water partition coefficient (Wildman–Crippen LogP) is 2.17. The first-order valence-corrected chi connectivity index (χ1v) is 6.54. The van der Waals surface area contributed by atoms with E-state index in [1.807, 2.05) is 4.57 Å². The summed E-state index contributed by atoms with van der Waals surface area (Å²) in [6.45, 7) is 4.58. The van der Waals surface area contributed by atoms with Gasteiger partial charge in [0.05, 0.1) is 7.11 Å². The van der Waals surface area contributed by atoms with Crippen LogP contribution < -0.4 is 10.5 Å². The smallest absolute Gasteiger partial charge is 0.245 e. The Morgan fingerprint density at radius 2 is 2.21 bits per heavy atom. The van der Waals surface area contributed by atoms with Crippen LogP contribution in [0.15, 0.2) is 6.33 Å². The summed E-state index contributed by atoms with van der Waals surface area (Å²) in [6, 6.07) is 0.361. The van der Waals surface area contributed by atoms with Gasteiger partial charge in [0.15, 0.2) is 11.2 Å². The maximum absolute atomic E-state index is 6.07. The number of hydrogen-bond acceptors (Lipinski definition) is 5. The Morgan fingerprint density at radius 1 is 1.42 bits per heavy atom. The summed E-state index contributed by atoms with van der Waals surface area (Å²) in [4.78, 5) is 12.8. The number of rotatable bonds is 2. The highest BCUT2D eigenvalue weighted by Gasteiger charge is 2.34. The molecule has 2 N–H and O–H groups in total. The van der Waals surface area contributed by atoms with Crippen LogP contribution >= 0.6 is 0 Å². The number of nitrogens with zero attached hydrogens (tertiary/aromatic N) is 4. The summed E-state index contributed by atoms with van der Waals surface area (Å²) in [6.07, 6.45) is 4.89. The summed E-state index contributed by atoms with van der Waals surface area (Å²) >= 11 is 0. The fourth-order valence-corrected chi connectivity index (χ4v) is 3.03. The van der Waals surface area contributed by atoms with E-state index < -0.39 is 0 Å². The third-order valence-corrected chi connectivity index (χ3v) is 3.97. The number of nitrogens with two attached hydrogens (primary N) is 1. The molecule has 0 saturated heterocycles. The van der Waals surface area contributed by atoms with Crippen molar-refractivity contribution in [2.45, 2.75) is 39.2 Å². The van der Waals surface area contributed by atoms with Gasteiger partial charge in [-0.2, -0.15) is 4.98 Å². The van der Waals surface area contributed by atoms with Crippen molar-refractivity contribution < 1.29 is 4.74 Å². The van der Waals surface area contributed by atoms with Gasteiger partial charge in [-0.25, -0.2) is 9.97 Å². The Bertz CT molecular complexity index is 619. The lowest BCUT2D eigenvalue weighted by molar-refractivity contribution is 0.361. The van der Waals surface area contributed by atoms with Crippen molar-refractivity contribution in [3.63, 3.8) is 0 Å². The van der Waals surface area contributed by atoms with Gasteiger partial charge in [0, 0.05) is 6.04 Å². The first kappa shape index (κ1) is 12.2. The number of methoxy groups -OCH3 is 1. The summed E-state index contributed by atoms with van der Waals surface area (Å²) in [5.41, 5.74) is 7.84. The molecule has 1 aliphatic carbocycles. The Hall–Kier alpha value is -1.85. The number of aromatic nitrogens is 4. The van der Waals surface area contributed by atoms with Gasteiger partial charge < -0.3 is 10.5 Å². The van der Waals surface area contributed by atoms with Crippen molar-refractivity contribution >= 4 is 17.1 Å². The van der Waals surface area contributed by atoms with Gasteiger partial charge in [0.1, 0.15) is 6.33 Å². The van der Waals surface area contributed by atoms with Crippen molar-refractivity contribution in [2.75, 3.05) is 12.8 Å². The van der Waals surface area contributed by atoms with E-state index in [0.29, 0.717) is 28.8 Å². The Kier molecular flexibility index (Phi) is 2.62. The molecule has 0 amide bonds. The second-order valence-electron chi connectivity index (χ2n) is 5.96. The molecule has 2 aromatic heterocycles. The Morgan fingerprint density at radius 3 is 2.84 bits per heavy atom. The van der Waals surface area contributed by atoms with Crippen LogP contribution in [0.25, 0.3) is 11.2 Å². The highest BCUT2D eigenvalue weighted by Crippen LogP contribution is 2.45. The molecule has 1 fully saturated rings. The van der Waals surface area contributed by atoms with Crippen molar-refractivity contribution in [3.05, 3.63) is 6.33 Å². The lowest BCUT2D eigenvalue weighted by Gasteiger charge is -2.18. The SMILES string of the molecule is COc1ncnc2c1nc(N)n2C1CCC(C)(C)C1. The molecule has 0 aromatic carbocycles. The van der Waals surface area contributed by atoms with Crippen LogP contribution in [0.1, 0.15) is 39.2 Å². The molecule has 2 heterocycles. The molecule has 6 heteroatoms. The summed E-state index contributed by atoms with van der Waals surface area (Å²) in [5.74, 6) is 0.976. The zero-order chi connectivity index (χ0) is 13.6. The lowest BCUT2D eigenvalue weighted by Crippen LogP contribution is -2.12. The van der Waals surface area contributed by atoms with E-state index in [1.54, 1.807) is 7.11 Å². The normalized spacial score (nSPS) is 21.9. The lowest BCUT2D eigenvalue weighted by atomic mass is 9.92. The van der Waals surface area contributed by atoms with Gasteiger partial charge >= 0.3 is 0 Å². The van der Waals surface area contributed by atoms with Gasteiger partial charge in [-0.05, 0) is 24.7 Å². The molecule has 3 rings (SSSR count). The van der Waals surface area contributed by atoms with Crippen LogP contribution in [0.3, 0.4) is 0 Å². The maximum Gasteiger partial charge on any atom is 0.245 e. The molecule has 1 atom stereocenters. The third kappa shape index (κ3) is 1.91. The summed E-state index contributed by atoms with van der Waals surface area (Å²) < 4.78 is 7.25. The second-order valence-corrected chi connectivity index (χ2v) is 5.96. The zero-order valence-electron chi connectivity index (χ0n) is 11.6. The average molecular weight is 261 g/mol. The highest BCUT2D eigenvalue weighted by atomic mass is 16.5. The number of imidazole rings is 1. The van der Waals surface area contributed by atoms with E-state index in [0.717, 1.165) is 18.5 Å². The van der Waals surface area contributed by atoms with Crippen LogP contribution in [0.2, 0.25) is 0 Å². The zero-order valence-corrected chi connectivity index (χ0v) is 11.6. The number of ether oxygens (including phenoxy) is 1. The van der Waals surface area contributed by atoms with Crippen LogP contribution in [0, 0.1) is 5.41 Å². The predicted molar refractivity (Wildman–Crippen MR) is 73.0 cm³/mol. The van der Waals surface area contributed by atoms with Crippen LogP contribution in [-0.2, 0) is 0 Å². The van der Waals surface area contributed by atoms with E-state index in [-0.39, 0.29) is 0 Å². The Labute approximate surface area is 112 Å². The number of fused-ring (bicyclic) bond motifs is 1. The molecular weight excluding hydrogens is 242 g/mol. The van der Waals surface area contributed by atoms with E-state index in [9.17, 15) is 0 Å². The van der Waals surface area contributed by atoms with Gasteiger partial charge in [-0.3, -0.25) is 4.57 Å². The first-order valence-electron chi connectivity index (χ1n) is 6.54. The topological polar surface area (TPSA) is 78.8 Å². The molecule has 1 unspecified atom stereocenters. The number of hydrogen-bond donors (Lipinski definition) is 1. The van der Waals surface area contributed by atoms with Crippen LogP contribution in [0.4, 0.5) is 5.95 Å². The largest absolute Gasteiger partial charge is 0.479 e. The summed E-state index contributed by atoms with van der Waals surface area (Å²) in [5, 5.41) is 0. The third-order valence-electron chi connectivity index (χ3n) is 3.97. The van der Waals surface area contributed by atoms with E-state index in [4.69, 9.17) is 10.5 Å². The number of nitrogen functional groups attached to an aromatic ring is 1. The first-order chi connectivity index (χ1) is 9.02. The second kappa shape index (κ2) is 4.08. The van der Waals surface area contributed by atoms with Crippen molar-refractivity contribution in [1.82, 2.24) is 19.5 Å². The minimum absolute atomic E-state index is 0.352. The van der Waals surface area contributed by atoms with Gasteiger partial charge in [0.2, 0.25) is 11.8 Å². The quantitative estimate of drug-likeness (QED) is 0.896. The molecule has 1 saturated carbocycles. The monoisotopic (exact) mass is 261 g/mol. The molecule has 0 bridgehead atoms. The fourth-order valence-electron chi connectivity index (χ4n) is 3.03. The Balaban J connectivity index is 2.12. The van der Waals surface area contributed by atoms with Crippen LogP contribution in [0.5, 0.6) is 5.88 Å². The molecule has 6 nitrogen and oxygen atoms in total. The fraction of sp³-hybridized carbons (Fsp3) is 0.615. The minimum atomic E-state index is 0.352. The molecular formula is C13H19N5O. The van der Waals surface area contributed by atoms with Crippen molar-refractivity contribution in [2.24, 2.45) is 5.41 Å². The van der Waals surface area contributed by atoms with Crippen molar-refractivity contribution in [1.29, 1.82) is 0 Å². The molecule has 0 spiro atoms. The van der Waals surface area contributed by atoms with E-state index >= 15 is 0 Å². The average Bonchev–Trinajstić information content (AvgIpc) is 2.87. The van der Waals surface area contributed by atoms with Crippen molar-refractivity contribution in [3.8, 4) is 5.88 Å². The van der Waals surface area contributed by atoms with Crippen LogP contribution in [-0.4, -0.2) is 26.6 Å². The molecule has 102 valence electrons. The maximum atomic E-state index is 6.07. The molecule has 19 heavy (non-hydrogen) atoms. The number of anilines is 1. The van der Waals surface area contributed by atoms with Gasteiger partial charge in [-0.15, -0.1) is 0 Å². The van der Waals surface area contributed by atoms with E-state index in [2.05, 4.69) is 28.8 Å². The van der Waals surface area contributed by atoms with E-state index in [1.165, 1.54) is 12.7 Å². The standard InChI is InChI=1S/C13H19N5O/c1-13(2)5-4-8(6-13)18-10-9(17-12(18)14)11(19-3)16-7-15-10/h7-8H,4-6H2,1-3H3,(H2,14,17). The molecule has 0 radical (unpaired) electrons. The highest BCUT2D eigenvalue weighted by molar-refractivity contribution is 5.79. The van der Waals surface area contributed by atoms with Gasteiger partial charge in [0.25, 0.3) is 0 Å². The minimum Gasteiger partial charge on any atom is -0.479 e. The molecule has 2 aromatic rings.